The number of nitrogens with one attached hydrogen (secondary N) is 1. The maximum Gasteiger partial charge on any atom is 0.320 e. The number of hydrogen-bond acceptors (Lipinski definition) is 4. The topological polar surface area (TPSA) is 68.5 Å². The first kappa shape index (κ1) is 19.3. The Bertz CT molecular complexity index is 834. The Labute approximate surface area is 156 Å². The molecule has 27 heavy (non-hydrogen) atoms. The standard InChI is InChI=1S/C19H24F2N4O2/c1-12-7-3-4-8-14(12)22-17(26)11-27-24-13(2)18-23-15-9-5-6-10-16(15)25(18)19(20)21/h5-6,9-10,12,14,19H,3-4,7-8,11H2,1-2H3,(H,22,26)/b24-13+. The molecule has 2 aromatic rings. The lowest BCUT2D eigenvalue weighted by Crippen LogP contribution is -2.42. The van der Waals surface area contributed by atoms with Crippen molar-refractivity contribution in [3.8, 4) is 0 Å². The molecular formula is C19H24F2N4O2. The average molecular weight is 378 g/mol. The van der Waals surface area contributed by atoms with Crippen molar-refractivity contribution in [3.05, 3.63) is 30.1 Å². The van der Waals surface area contributed by atoms with Crippen LogP contribution in [-0.2, 0) is 9.63 Å². The van der Waals surface area contributed by atoms with Gasteiger partial charge in [0.1, 0.15) is 5.71 Å². The lowest BCUT2D eigenvalue weighted by Gasteiger charge is -2.29. The van der Waals surface area contributed by atoms with E-state index in [0.717, 1.165) is 23.8 Å². The molecule has 0 radical (unpaired) electrons. The first-order valence-electron chi connectivity index (χ1n) is 9.18. The van der Waals surface area contributed by atoms with Crippen LogP contribution in [0.25, 0.3) is 11.0 Å². The van der Waals surface area contributed by atoms with Crippen LogP contribution in [-0.4, -0.2) is 33.8 Å². The molecule has 1 fully saturated rings. The van der Waals surface area contributed by atoms with Crippen molar-refractivity contribution in [2.75, 3.05) is 6.61 Å². The summed E-state index contributed by atoms with van der Waals surface area (Å²) in [5, 5.41) is 6.78. The SMILES string of the molecule is C/C(=N\OCC(=O)NC1CCCCC1C)c1nc2ccccc2n1C(F)F. The van der Waals surface area contributed by atoms with Gasteiger partial charge in [-0.3, -0.25) is 9.36 Å². The van der Waals surface area contributed by atoms with E-state index in [2.05, 4.69) is 22.4 Å². The van der Waals surface area contributed by atoms with Crippen LogP contribution in [0.5, 0.6) is 0 Å². The van der Waals surface area contributed by atoms with Crippen molar-refractivity contribution < 1.29 is 18.4 Å². The molecule has 0 saturated heterocycles. The van der Waals surface area contributed by atoms with Crippen molar-refractivity contribution in [2.24, 2.45) is 11.1 Å². The molecule has 1 saturated carbocycles. The van der Waals surface area contributed by atoms with Crippen molar-refractivity contribution in [3.63, 3.8) is 0 Å². The molecule has 0 aliphatic heterocycles. The molecule has 6 nitrogen and oxygen atoms in total. The van der Waals surface area contributed by atoms with Crippen LogP contribution >= 0.6 is 0 Å². The number of fused-ring (bicyclic) bond motifs is 1. The van der Waals surface area contributed by atoms with Crippen LogP contribution in [0.15, 0.2) is 29.4 Å². The maximum absolute atomic E-state index is 13.5. The second-order valence-corrected chi connectivity index (χ2v) is 6.96. The fourth-order valence-electron chi connectivity index (χ4n) is 3.50. The number of rotatable bonds is 6. The van der Waals surface area contributed by atoms with Crippen molar-refractivity contribution in [2.45, 2.75) is 52.1 Å². The second-order valence-electron chi connectivity index (χ2n) is 6.96. The van der Waals surface area contributed by atoms with E-state index < -0.39 is 6.55 Å². The monoisotopic (exact) mass is 378 g/mol. The van der Waals surface area contributed by atoms with Crippen LogP contribution < -0.4 is 5.32 Å². The third-order valence-corrected chi connectivity index (χ3v) is 4.97. The Morgan fingerprint density at radius 3 is 2.85 bits per heavy atom. The highest BCUT2D eigenvalue weighted by atomic mass is 19.3. The highest BCUT2D eigenvalue weighted by Gasteiger charge is 2.23. The molecule has 1 aromatic heterocycles. The van der Waals surface area contributed by atoms with Crippen LogP contribution in [0, 0.1) is 5.92 Å². The summed E-state index contributed by atoms with van der Waals surface area (Å²) in [4.78, 5) is 21.3. The van der Waals surface area contributed by atoms with Crippen molar-refractivity contribution >= 4 is 22.7 Å². The van der Waals surface area contributed by atoms with Gasteiger partial charge < -0.3 is 10.2 Å². The molecule has 1 amide bonds. The molecule has 1 heterocycles. The summed E-state index contributed by atoms with van der Waals surface area (Å²) >= 11 is 0. The van der Waals surface area contributed by atoms with E-state index in [1.165, 1.54) is 13.3 Å². The van der Waals surface area contributed by atoms with Gasteiger partial charge in [-0.15, -0.1) is 0 Å². The summed E-state index contributed by atoms with van der Waals surface area (Å²) in [6.45, 7) is 0.646. The Morgan fingerprint density at radius 2 is 2.11 bits per heavy atom. The fraction of sp³-hybridized carbons (Fsp3) is 0.526. The van der Waals surface area contributed by atoms with Gasteiger partial charge in [0.25, 0.3) is 5.91 Å². The molecule has 0 spiro atoms. The van der Waals surface area contributed by atoms with E-state index in [-0.39, 0.29) is 30.1 Å². The zero-order valence-corrected chi connectivity index (χ0v) is 15.5. The van der Waals surface area contributed by atoms with Gasteiger partial charge in [0.05, 0.1) is 11.0 Å². The zero-order chi connectivity index (χ0) is 19.4. The molecule has 1 aliphatic carbocycles. The highest BCUT2D eigenvalue weighted by Crippen LogP contribution is 2.24. The highest BCUT2D eigenvalue weighted by molar-refractivity contribution is 5.98. The largest absolute Gasteiger partial charge is 0.385 e. The molecule has 0 bridgehead atoms. The molecule has 1 N–H and O–H groups in total. The van der Waals surface area contributed by atoms with Gasteiger partial charge in [-0.25, -0.2) is 4.98 Å². The predicted molar refractivity (Wildman–Crippen MR) is 98.7 cm³/mol. The van der Waals surface area contributed by atoms with E-state index in [0.29, 0.717) is 17.0 Å². The van der Waals surface area contributed by atoms with Gasteiger partial charge in [-0.05, 0) is 37.8 Å². The van der Waals surface area contributed by atoms with Gasteiger partial charge in [0.15, 0.2) is 12.4 Å². The van der Waals surface area contributed by atoms with E-state index in [1.807, 2.05) is 0 Å². The van der Waals surface area contributed by atoms with E-state index in [1.54, 1.807) is 24.3 Å². The van der Waals surface area contributed by atoms with E-state index >= 15 is 0 Å². The lowest BCUT2D eigenvalue weighted by molar-refractivity contribution is -0.126. The fourth-order valence-corrected chi connectivity index (χ4v) is 3.50. The van der Waals surface area contributed by atoms with Crippen LogP contribution in [0.2, 0.25) is 0 Å². The first-order chi connectivity index (χ1) is 13.0. The van der Waals surface area contributed by atoms with Crippen molar-refractivity contribution in [1.29, 1.82) is 0 Å². The van der Waals surface area contributed by atoms with Crippen LogP contribution in [0.4, 0.5) is 8.78 Å². The molecule has 2 unspecified atom stereocenters. The summed E-state index contributed by atoms with van der Waals surface area (Å²) in [6.07, 6.45) is 4.37. The number of carbonyl (C=O) groups is 1. The zero-order valence-electron chi connectivity index (χ0n) is 15.5. The van der Waals surface area contributed by atoms with E-state index in [4.69, 9.17) is 4.84 Å². The maximum atomic E-state index is 13.5. The normalized spacial score (nSPS) is 20.9. The Morgan fingerprint density at radius 1 is 1.37 bits per heavy atom. The average Bonchev–Trinajstić information content (AvgIpc) is 3.03. The molecule has 2 atom stereocenters. The number of carbonyl (C=O) groups excluding carboxylic acids is 1. The summed E-state index contributed by atoms with van der Waals surface area (Å²) < 4.78 is 27.7. The minimum absolute atomic E-state index is 0.0208. The minimum atomic E-state index is -2.76. The van der Waals surface area contributed by atoms with Crippen molar-refractivity contribution in [1.82, 2.24) is 14.9 Å². The van der Waals surface area contributed by atoms with Gasteiger partial charge in [-0.2, -0.15) is 8.78 Å². The third-order valence-electron chi connectivity index (χ3n) is 4.97. The number of amides is 1. The molecule has 1 aromatic carbocycles. The summed E-state index contributed by atoms with van der Waals surface area (Å²) in [6, 6.07) is 6.79. The second kappa shape index (κ2) is 8.45. The van der Waals surface area contributed by atoms with Gasteiger partial charge in [0, 0.05) is 6.04 Å². The number of alkyl halides is 2. The molecule has 146 valence electrons. The molecule has 3 rings (SSSR count). The third kappa shape index (κ3) is 4.43. The van der Waals surface area contributed by atoms with Gasteiger partial charge in [0.2, 0.25) is 0 Å². The quantitative estimate of drug-likeness (QED) is 0.613. The van der Waals surface area contributed by atoms with E-state index in [9.17, 15) is 13.6 Å². The Hall–Kier alpha value is -2.51. The Balaban J connectivity index is 1.65. The minimum Gasteiger partial charge on any atom is -0.385 e. The first-order valence-corrected chi connectivity index (χ1v) is 9.18. The lowest BCUT2D eigenvalue weighted by atomic mass is 9.86. The summed E-state index contributed by atoms with van der Waals surface area (Å²) in [5.41, 5.74) is 0.956. The number of nitrogens with zero attached hydrogens (tertiary/aromatic N) is 3. The number of hydrogen-bond donors (Lipinski definition) is 1. The Kier molecular flexibility index (Phi) is 6.03. The number of halogens is 2. The smallest absolute Gasteiger partial charge is 0.320 e. The van der Waals surface area contributed by atoms with Gasteiger partial charge >= 0.3 is 6.55 Å². The number of imidazole rings is 1. The summed E-state index contributed by atoms with van der Waals surface area (Å²) in [7, 11) is 0. The number of aromatic nitrogens is 2. The predicted octanol–water partition coefficient (Wildman–Crippen LogP) is 3.87. The molecule has 1 aliphatic rings. The molecule has 8 heteroatoms. The number of benzene rings is 1. The van der Waals surface area contributed by atoms with Crippen LogP contribution in [0.1, 0.15) is 51.9 Å². The summed E-state index contributed by atoms with van der Waals surface area (Å²) in [5.74, 6) is 0.207. The number of para-hydroxylation sites is 2. The molecular weight excluding hydrogens is 354 g/mol. The van der Waals surface area contributed by atoms with Crippen LogP contribution in [0.3, 0.4) is 0 Å². The number of oxime groups is 1. The van der Waals surface area contributed by atoms with Gasteiger partial charge in [-0.1, -0.05) is 37.1 Å².